The number of ether oxygens (including phenoxy) is 1. The van der Waals surface area contributed by atoms with Crippen LogP contribution in [0, 0.1) is 29.5 Å². The molecule has 2 fully saturated rings. The minimum atomic E-state index is -0.290. The third kappa shape index (κ3) is 2.52. The number of nitrogens with zero attached hydrogens (tertiary/aromatic N) is 1. The Hall–Kier alpha value is -2.17. The van der Waals surface area contributed by atoms with Crippen LogP contribution in [-0.4, -0.2) is 17.0 Å². The van der Waals surface area contributed by atoms with E-state index in [4.69, 9.17) is 10.5 Å². The molecule has 3 unspecified atom stereocenters. The van der Waals surface area contributed by atoms with Crippen LogP contribution in [0.2, 0.25) is 0 Å². The average Bonchev–Trinajstić information content (AvgIpc) is 3.02. The number of benzene rings is 1. The first-order valence-electron chi connectivity index (χ1n) is 8.58. The van der Waals surface area contributed by atoms with Crippen LogP contribution in [0.5, 0.6) is 5.75 Å². The van der Waals surface area contributed by atoms with Crippen molar-refractivity contribution in [1.29, 1.82) is 0 Å². The number of pyridine rings is 1. The van der Waals surface area contributed by atoms with Crippen molar-refractivity contribution in [1.82, 2.24) is 4.98 Å². The lowest BCUT2D eigenvalue weighted by Crippen LogP contribution is -2.27. The maximum Gasteiger partial charge on any atom is 0.220 e. The van der Waals surface area contributed by atoms with Crippen molar-refractivity contribution in [3.8, 4) is 5.75 Å². The summed E-state index contributed by atoms with van der Waals surface area (Å²) in [7, 11) is 0. The van der Waals surface area contributed by atoms with Crippen LogP contribution >= 0.6 is 0 Å². The number of halogens is 1. The second-order valence-corrected chi connectivity index (χ2v) is 7.00. The van der Waals surface area contributed by atoms with Gasteiger partial charge in [0, 0.05) is 17.5 Å². The fourth-order valence-corrected chi connectivity index (χ4v) is 4.57. The first kappa shape index (κ1) is 15.4. The lowest BCUT2D eigenvalue weighted by atomic mass is 9.93. The van der Waals surface area contributed by atoms with E-state index < -0.39 is 0 Å². The number of carbonyl (C=O) groups excluding carboxylic acids is 1. The van der Waals surface area contributed by atoms with Crippen LogP contribution < -0.4 is 10.5 Å². The highest BCUT2D eigenvalue weighted by Gasteiger charge is 2.60. The van der Waals surface area contributed by atoms with Gasteiger partial charge in [-0.3, -0.25) is 9.78 Å². The number of primary amides is 1. The molecule has 4 rings (SSSR count). The van der Waals surface area contributed by atoms with Gasteiger partial charge in [-0.05, 0) is 61.3 Å². The summed E-state index contributed by atoms with van der Waals surface area (Å²) < 4.78 is 19.7. The molecule has 0 bridgehead atoms. The van der Waals surface area contributed by atoms with E-state index in [-0.39, 0.29) is 23.7 Å². The minimum absolute atomic E-state index is 0.00296. The summed E-state index contributed by atoms with van der Waals surface area (Å²) in [6.07, 6.45) is 4.51. The number of fused-ring (bicyclic) bond motifs is 2. The third-order valence-electron chi connectivity index (χ3n) is 5.70. The Bertz CT molecular complexity index is 782. The van der Waals surface area contributed by atoms with Gasteiger partial charge in [0.1, 0.15) is 11.6 Å². The van der Waals surface area contributed by atoms with E-state index >= 15 is 0 Å². The van der Waals surface area contributed by atoms with Crippen molar-refractivity contribution in [3.63, 3.8) is 0 Å². The van der Waals surface area contributed by atoms with Gasteiger partial charge in [0.15, 0.2) is 0 Å². The standard InChI is InChI=1S/C19H21FN2O2/c1-2-12(19(21)23)18-13-8-11(9-14(13)18)24-17-5-6-22-16-4-3-10(20)7-15(16)17/h3-7,11-14,18H,2,8-9H2,1H3,(H2,21,23). The van der Waals surface area contributed by atoms with Gasteiger partial charge in [0.25, 0.3) is 0 Å². The molecule has 0 spiro atoms. The van der Waals surface area contributed by atoms with Crippen LogP contribution in [0.3, 0.4) is 0 Å². The Morgan fingerprint density at radius 3 is 2.79 bits per heavy atom. The van der Waals surface area contributed by atoms with Gasteiger partial charge in [-0.15, -0.1) is 0 Å². The molecule has 24 heavy (non-hydrogen) atoms. The van der Waals surface area contributed by atoms with Crippen molar-refractivity contribution in [2.75, 3.05) is 0 Å². The molecule has 0 radical (unpaired) electrons. The van der Waals surface area contributed by atoms with Gasteiger partial charge < -0.3 is 10.5 Å². The molecule has 2 N–H and O–H groups in total. The summed E-state index contributed by atoms with van der Waals surface area (Å²) in [6.45, 7) is 2.02. The molecule has 2 aliphatic carbocycles. The molecule has 2 aliphatic rings. The predicted octanol–water partition coefficient (Wildman–Crippen LogP) is 3.29. The van der Waals surface area contributed by atoms with E-state index in [0.717, 1.165) is 24.8 Å². The molecule has 126 valence electrons. The number of nitrogens with two attached hydrogens (primary N) is 1. The monoisotopic (exact) mass is 328 g/mol. The van der Waals surface area contributed by atoms with Crippen LogP contribution in [0.25, 0.3) is 10.9 Å². The fraction of sp³-hybridized carbons (Fsp3) is 0.474. The second kappa shape index (κ2) is 5.72. The summed E-state index contributed by atoms with van der Waals surface area (Å²) in [5, 5.41) is 0.707. The summed E-state index contributed by atoms with van der Waals surface area (Å²) >= 11 is 0. The van der Waals surface area contributed by atoms with Gasteiger partial charge in [0.05, 0.1) is 11.6 Å². The van der Waals surface area contributed by atoms with Gasteiger partial charge in [-0.2, -0.15) is 0 Å². The maximum atomic E-state index is 13.5. The summed E-state index contributed by atoms with van der Waals surface area (Å²) in [5.41, 5.74) is 6.24. The van der Waals surface area contributed by atoms with Gasteiger partial charge >= 0.3 is 0 Å². The summed E-state index contributed by atoms with van der Waals surface area (Å²) in [5.74, 6) is 1.72. The summed E-state index contributed by atoms with van der Waals surface area (Å²) in [6, 6.07) is 6.33. The molecule has 0 aliphatic heterocycles. The first-order chi connectivity index (χ1) is 11.6. The zero-order valence-corrected chi connectivity index (χ0v) is 13.6. The summed E-state index contributed by atoms with van der Waals surface area (Å²) in [4.78, 5) is 15.8. The Labute approximate surface area is 140 Å². The van der Waals surface area contributed by atoms with E-state index in [9.17, 15) is 9.18 Å². The quantitative estimate of drug-likeness (QED) is 0.916. The number of hydrogen-bond acceptors (Lipinski definition) is 3. The molecule has 2 saturated carbocycles. The smallest absolute Gasteiger partial charge is 0.220 e. The van der Waals surface area contributed by atoms with Crippen molar-refractivity contribution in [2.24, 2.45) is 29.4 Å². The van der Waals surface area contributed by atoms with E-state index in [1.807, 2.05) is 6.92 Å². The van der Waals surface area contributed by atoms with Gasteiger partial charge in [0.2, 0.25) is 5.91 Å². The Balaban J connectivity index is 1.46. The van der Waals surface area contributed by atoms with Gasteiger partial charge in [-0.25, -0.2) is 4.39 Å². The van der Waals surface area contributed by atoms with Crippen LogP contribution in [-0.2, 0) is 4.79 Å². The highest BCUT2D eigenvalue weighted by molar-refractivity contribution is 5.84. The fourth-order valence-electron chi connectivity index (χ4n) is 4.57. The van der Waals surface area contributed by atoms with Crippen LogP contribution in [0.1, 0.15) is 26.2 Å². The number of rotatable bonds is 5. The molecule has 4 nitrogen and oxygen atoms in total. The molecule has 2 aromatic rings. The van der Waals surface area contributed by atoms with E-state index in [2.05, 4.69) is 4.98 Å². The normalized spacial score (nSPS) is 29.2. The van der Waals surface area contributed by atoms with E-state index in [1.165, 1.54) is 12.1 Å². The molecule has 1 aromatic carbocycles. The van der Waals surface area contributed by atoms with Crippen molar-refractivity contribution < 1.29 is 13.9 Å². The number of hydrogen-bond donors (Lipinski definition) is 1. The van der Waals surface area contributed by atoms with Gasteiger partial charge in [-0.1, -0.05) is 6.92 Å². The second-order valence-electron chi connectivity index (χ2n) is 7.00. The molecule has 5 heteroatoms. The van der Waals surface area contributed by atoms with Crippen LogP contribution in [0.4, 0.5) is 4.39 Å². The molecule has 0 saturated heterocycles. The highest BCUT2D eigenvalue weighted by atomic mass is 19.1. The largest absolute Gasteiger partial charge is 0.490 e. The SMILES string of the molecule is CCC(C(N)=O)C1C2CC(Oc3ccnc4ccc(F)cc34)CC21. The third-order valence-corrected chi connectivity index (χ3v) is 5.70. The van der Waals surface area contributed by atoms with Crippen molar-refractivity contribution >= 4 is 16.8 Å². The zero-order chi connectivity index (χ0) is 16.8. The lowest BCUT2D eigenvalue weighted by molar-refractivity contribution is -0.122. The molecular formula is C19H21FN2O2. The molecule has 1 aromatic heterocycles. The Kier molecular flexibility index (Phi) is 3.66. The predicted molar refractivity (Wildman–Crippen MR) is 88.8 cm³/mol. The van der Waals surface area contributed by atoms with E-state index in [0.29, 0.717) is 28.9 Å². The molecule has 1 amide bonds. The first-order valence-corrected chi connectivity index (χ1v) is 8.58. The number of amides is 1. The molecular weight excluding hydrogens is 307 g/mol. The minimum Gasteiger partial charge on any atom is -0.490 e. The molecule has 1 heterocycles. The van der Waals surface area contributed by atoms with Crippen molar-refractivity contribution in [3.05, 3.63) is 36.3 Å². The van der Waals surface area contributed by atoms with Crippen LogP contribution in [0.15, 0.2) is 30.5 Å². The number of aromatic nitrogens is 1. The van der Waals surface area contributed by atoms with Crippen molar-refractivity contribution in [2.45, 2.75) is 32.3 Å². The average molecular weight is 328 g/mol. The Morgan fingerprint density at radius 2 is 2.12 bits per heavy atom. The van der Waals surface area contributed by atoms with E-state index in [1.54, 1.807) is 18.3 Å². The highest BCUT2D eigenvalue weighted by Crippen LogP contribution is 2.61. The zero-order valence-electron chi connectivity index (χ0n) is 13.6. The topological polar surface area (TPSA) is 65.2 Å². The maximum absolute atomic E-state index is 13.5. The number of carbonyl (C=O) groups is 1. The molecule has 3 atom stereocenters. The lowest BCUT2D eigenvalue weighted by Gasteiger charge is -2.20. The Morgan fingerprint density at radius 1 is 1.38 bits per heavy atom.